The Morgan fingerprint density at radius 3 is 2.20 bits per heavy atom. The van der Waals surface area contributed by atoms with Crippen LogP contribution in [0.1, 0.15) is 25.0 Å². The molecular formula is C21H22Cl3FN2O2S. The molecule has 1 N–H and O–H groups in total. The number of hydrogen-bond donors (Lipinski definition) is 1. The van der Waals surface area contributed by atoms with Gasteiger partial charge in [-0.3, -0.25) is 9.59 Å². The number of nitrogens with zero attached hydrogens (tertiary/aromatic N) is 1. The van der Waals surface area contributed by atoms with Crippen LogP contribution in [0.5, 0.6) is 0 Å². The van der Waals surface area contributed by atoms with Crippen molar-refractivity contribution < 1.29 is 14.0 Å². The predicted octanol–water partition coefficient (Wildman–Crippen LogP) is 5.57. The highest BCUT2D eigenvalue weighted by molar-refractivity contribution is 7.99. The molecule has 30 heavy (non-hydrogen) atoms. The van der Waals surface area contributed by atoms with Crippen LogP contribution in [0.4, 0.5) is 4.39 Å². The molecule has 0 heterocycles. The maximum Gasteiger partial charge on any atom is 0.242 e. The van der Waals surface area contributed by atoms with E-state index in [0.29, 0.717) is 32.7 Å². The Hall–Kier alpha value is -1.47. The van der Waals surface area contributed by atoms with Crippen molar-refractivity contribution in [3.63, 3.8) is 0 Å². The van der Waals surface area contributed by atoms with Crippen LogP contribution in [0.25, 0.3) is 0 Å². The fraction of sp³-hybridized carbons (Fsp3) is 0.333. The number of carbonyl (C=O) groups is 2. The van der Waals surface area contributed by atoms with Crippen molar-refractivity contribution in [1.82, 2.24) is 10.2 Å². The van der Waals surface area contributed by atoms with Gasteiger partial charge in [-0.15, -0.1) is 11.8 Å². The molecule has 0 fully saturated rings. The number of amides is 2. The molecular weight excluding hydrogens is 470 g/mol. The molecule has 0 aromatic heterocycles. The van der Waals surface area contributed by atoms with Crippen molar-refractivity contribution in [3.05, 3.63) is 68.4 Å². The summed E-state index contributed by atoms with van der Waals surface area (Å²) in [6.45, 7) is 3.97. The van der Waals surface area contributed by atoms with E-state index < -0.39 is 11.9 Å². The minimum atomic E-state index is -0.734. The highest BCUT2D eigenvalue weighted by atomic mass is 35.5. The first-order valence-corrected chi connectivity index (χ1v) is 11.6. The number of likely N-dealkylation sites (N-methyl/N-ethyl adjacent to an activating group) is 1. The Bertz CT molecular complexity index is 873. The van der Waals surface area contributed by atoms with Gasteiger partial charge < -0.3 is 10.2 Å². The van der Waals surface area contributed by atoms with Crippen molar-refractivity contribution in [3.8, 4) is 0 Å². The zero-order chi connectivity index (χ0) is 22.3. The molecule has 0 bridgehead atoms. The SMILES string of the molecule is CCNC(=O)C(C)N(Cc1c(Cl)cccc1Cl)C(=O)CSCc1c(F)cccc1Cl. The van der Waals surface area contributed by atoms with E-state index in [9.17, 15) is 14.0 Å². The Balaban J connectivity index is 2.16. The Labute approximate surface area is 195 Å². The first-order valence-electron chi connectivity index (χ1n) is 9.26. The van der Waals surface area contributed by atoms with Crippen LogP contribution in [0.15, 0.2) is 36.4 Å². The number of halogens is 4. The summed E-state index contributed by atoms with van der Waals surface area (Å²) < 4.78 is 14.0. The summed E-state index contributed by atoms with van der Waals surface area (Å²) in [6.07, 6.45) is 0. The normalized spacial score (nSPS) is 11.8. The summed E-state index contributed by atoms with van der Waals surface area (Å²) in [5, 5.41) is 3.85. The second kappa shape index (κ2) is 11.8. The van der Waals surface area contributed by atoms with E-state index >= 15 is 0 Å². The molecule has 2 rings (SSSR count). The standard InChI is InChI=1S/C21H22Cl3FN2O2S/c1-3-26-21(29)13(2)27(10-14-16(22)6-4-7-17(14)23)20(28)12-30-11-15-18(24)8-5-9-19(15)25/h4-9,13H,3,10-12H2,1-2H3,(H,26,29). The quantitative estimate of drug-likeness (QED) is 0.499. The van der Waals surface area contributed by atoms with Gasteiger partial charge in [0.15, 0.2) is 0 Å². The van der Waals surface area contributed by atoms with E-state index in [4.69, 9.17) is 34.8 Å². The molecule has 9 heteroatoms. The minimum absolute atomic E-state index is 0.0382. The first kappa shape index (κ1) is 24.8. The van der Waals surface area contributed by atoms with Crippen molar-refractivity contribution >= 4 is 58.4 Å². The molecule has 0 saturated carbocycles. The molecule has 162 valence electrons. The van der Waals surface area contributed by atoms with Gasteiger partial charge in [0.05, 0.1) is 5.75 Å². The molecule has 0 aliphatic carbocycles. The summed E-state index contributed by atoms with van der Waals surface area (Å²) >= 11 is 19.8. The van der Waals surface area contributed by atoms with Gasteiger partial charge in [0, 0.05) is 45.0 Å². The molecule has 1 unspecified atom stereocenters. The molecule has 2 aromatic rings. The third kappa shape index (κ3) is 6.51. The van der Waals surface area contributed by atoms with E-state index in [1.54, 1.807) is 38.1 Å². The van der Waals surface area contributed by atoms with Crippen LogP contribution < -0.4 is 5.32 Å². The first-order chi connectivity index (χ1) is 14.3. The summed E-state index contributed by atoms with van der Waals surface area (Å²) in [7, 11) is 0. The van der Waals surface area contributed by atoms with Crippen LogP contribution in [0, 0.1) is 5.82 Å². The second-order valence-electron chi connectivity index (χ2n) is 6.49. The van der Waals surface area contributed by atoms with Crippen molar-refractivity contribution in [2.75, 3.05) is 12.3 Å². The zero-order valence-electron chi connectivity index (χ0n) is 16.6. The summed E-state index contributed by atoms with van der Waals surface area (Å²) in [6, 6.07) is 8.79. The Morgan fingerprint density at radius 2 is 1.63 bits per heavy atom. The molecule has 0 aliphatic heterocycles. The van der Waals surface area contributed by atoms with E-state index in [1.165, 1.54) is 28.8 Å². The monoisotopic (exact) mass is 490 g/mol. The smallest absolute Gasteiger partial charge is 0.242 e. The molecule has 1 atom stereocenters. The van der Waals surface area contributed by atoms with Crippen molar-refractivity contribution in [2.45, 2.75) is 32.2 Å². The molecule has 2 aromatic carbocycles. The lowest BCUT2D eigenvalue weighted by atomic mass is 10.1. The van der Waals surface area contributed by atoms with Gasteiger partial charge in [-0.05, 0) is 38.1 Å². The molecule has 0 aliphatic rings. The molecule has 2 amide bonds. The summed E-state index contributed by atoms with van der Waals surface area (Å²) in [5.41, 5.74) is 0.905. The zero-order valence-corrected chi connectivity index (χ0v) is 19.6. The fourth-order valence-corrected chi connectivity index (χ4v) is 4.52. The Kier molecular flexibility index (Phi) is 9.75. The number of rotatable bonds is 9. The number of benzene rings is 2. The van der Waals surface area contributed by atoms with Crippen LogP contribution >= 0.6 is 46.6 Å². The van der Waals surface area contributed by atoms with Crippen LogP contribution in [0.3, 0.4) is 0 Å². The summed E-state index contributed by atoms with van der Waals surface area (Å²) in [5.74, 6) is -0.722. The lowest BCUT2D eigenvalue weighted by Gasteiger charge is -2.29. The van der Waals surface area contributed by atoms with Crippen LogP contribution in [-0.2, 0) is 21.9 Å². The van der Waals surface area contributed by atoms with Crippen molar-refractivity contribution in [2.24, 2.45) is 0 Å². The Morgan fingerprint density at radius 1 is 1.07 bits per heavy atom. The number of hydrogen-bond acceptors (Lipinski definition) is 3. The molecule has 4 nitrogen and oxygen atoms in total. The van der Waals surface area contributed by atoms with Gasteiger partial charge in [0.1, 0.15) is 11.9 Å². The van der Waals surface area contributed by atoms with Crippen LogP contribution in [0.2, 0.25) is 15.1 Å². The van der Waals surface area contributed by atoms with Gasteiger partial charge >= 0.3 is 0 Å². The number of thioether (sulfide) groups is 1. The third-order valence-corrected chi connectivity index (χ3v) is 6.45. The van der Waals surface area contributed by atoms with E-state index in [0.717, 1.165) is 0 Å². The van der Waals surface area contributed by atoms with Crippen molar-refractivity contribution in [1.29, 1.82) is 0 Å². The lowest BCUT2D eigenvalue weighted by molar-refractivity contribution is -0.138. The maximum atomic E-state index is 14.0. The van der Waals surface area contributed by atoms with Gasteiger partial charge in [0.2, 0.25) is 11.8 Å². The second-order valence-corrected chi connectivity index (χ2v) is 8.69. The lowest BCUT2D eigenvalue weighted by Crippen LogP contribution is -2.48. The topological polar surface area (TPSA) is 49.4 Å². The van der Waals surface area contributed by atoms with Gasteiger partial charge in [-0.2, -0.15) is 0 Å². The molecule has 0 spiro atoms. The molecule has 0 radical (unpaired) electrons. The van der Waals surface area contributed by atoms with Gasteiger partial charge in [-0.25, -0.2) is 4.39 Å². The third-order valence-electron chi connectivity index (χ3n) is 4.44. The van der Waals surface area contributed by atoms with Gasteiger partial charge in [0.25, 0.3) is 0 Å². The fourth-order valence-electron chi connectivity index (χ4n) is 2.75. The van der Waals surface area contributed by atoms with Gasteiger partial charge in [-0.1, -0.05) is 46.9 Å². The number of nitrogens with one attached hydrogen (secondary N) is 1. The highest BCUT2D eigenvalue weighted by Crippen LogP contribution is 2.28. The summed E-state index contributed by atoms with van der Waals surface area (Å²) in [4.78, 5) is 26.8. The van der Waals surface area contributed by atoms with Crippen LogP contribution in [-0.4, -0.2) is 35.1 Å². The average Bonchev–Trinajstić information content (AvgIpc) is 2.69. The average molecular weight is 492 g/mol. The van der Waals surface area contributed by atoms with E-state index in [2.05, 4.69) is 5.32 Å². The van der Waals surface area contributed by atoms with E-state index in [-0.39, 0.29) is 29.9 Å². The maximum absolute atomic E-state index is 14.0. The predicted molar refractivity (Wildman–Crippen MR) is 123 cm³/mol. The number of carbonyl (C=O) groups excluding carboxylic acids is 2. The van der Waals surface area contributed by atoms with E-state index in [1.807, 2.05) is 0 Å². The molecule has 0 saturated heterocycles. The highest BCUT2D eigenvalue weighted by Gasteiger charge is 2.27. The minimum Gasteiger partial charge on any atom is -0.355 e. The largest absolute Gasteiger partial charge is 0.355 e.